The molecular weight excluding hydrogens is 290 g/mol. The van der Waals surface area contributed by atoms with Gasteiger partial charge < -0.3 is 14.5 Å². The zero-order valence-electron chi connectivity index (χ0n) is 12.2. The number of aromatic amines is 1. The standard InChI is InChI=1S/C18H13N3O2/c19-11-13(18-20-14-3-1-2-4-15(14)21-18)9-12-5-6-16-17(10-12)23-8-7-22-16/h1-6,9-10H,7-8H2,(H,20,21)/b13-9-. The molecule has 1 aromatic heterocycles. The number of imidazole rings is 1. The number of aromatic nitrogens is 2. The molecule has 0 atom stereocenters. The van der Waals surface area contributed by atoms with Gasteiger partial charge in [0, 0.05) is 0 Å². The van der Waals surface area contributed by atoms with E-state index in [-0.39, 0.29) is 0 Å². The number of benzene rings is 2. The molecule has 0 fully saturated rings. The Morgan fingerprint density at radius 1 is 1.13 bits per heavy atom. The molecule has 2 aromatic carbocycles. The molecule has 0 radical (unpaired) electrons. The lowest BCUT2D eigenvalue weighted by Gasteiger charge is -2.18. The second kappa shape index (κ2) is 5.50. The number of nitrogens with one attached hydrogen (secondary N) is 1. The molecule has 1 aliphatic rings. The van der Waals surface area contributed by atoms with Crippen LogP contribution < -0.4 is 9.47 Å². The van der Waals surface area contributed by atoms with Crippen LogP contribution >= 0.6 is 0 Å². The van der Waals surface area contributed by atoms with Crippen molar-refractivity contribution in [3.05, 3.63) is 53.9 Å². The van der Waals surface area contributed by atoms with Crippen LogP contribution in [0.3, 0.4) is 0 Å². The lowest BCUT2D eigenvalue weighted by molar-refractivity contribution is 0.171. The minimum atomic E-state index is 0.470. The van der Waals surface area contributed by atoms with E-state index in [1.807, 2.05) is 42.5 Å². The van der Waals surface area contributed by atoms with Crippen molar-refractivity contribution in [2.24, 2.45) is 0 Å². The monoisotopic (exact) mass is 303 g/mol. The normalized spacial score (nSPS) is 13.8. The minimum absolute atomic E-state index is 0.470. The SMILES string of the molecule is N#C/C(=C/c1ccc2c(c1)OCCO2)c1nc2ccccc2[nH]1. The Kier molecular flexibility index (Phi) is 3.21. The molecule has 1 aliphatic heterocycles. The van der Waals surface area contributed by atoms with E-state index in [1.54, 1.807) is 6.08 Å². The van der Waals surface area contributed by atoms with Gasteiger partial charge in [0.2, 0.25) is 0 Å². The van der Waals surface area contributed by atoms with E-state index in [4.69, 9.17) is 9.47 Å². The third-order valence-electron chi connectivity index (χ3n) is 3.64. The molecule has 4 rings (SSSR count). The van der Waals surface area contributed by atoms with Crippen molar-refractivity contribution in [2.45, 2.75) is 0 Å². The molecule has 2 heterocycles. The molecule has 112 valence electrons. The summed E-state index contributed by atoms with van der Waals surface area (Å²) in [6, 6.07) is 15.5. The van der Waals surface area contributed by atoms with Crippen LogP contribution in [-0.4, -0.2) is 23.2 Å². The number of fused-ring (bicyclic) bond motifs is 2. The average Bonchev–Trinajstić information content (AvgIpc) is 3.03. The zero-order chi connectivity index (χ0) is 15.6. The van der Waals surface area contributed by atoms with E-state index in [2.05, 4.69) is 16.0 Å². The van der Waals surface area contributed by atoms with Gasteiger partial charge in [-0.05, 0) is 35.9 Å². The average molecular weight is 303 g/mol. The van der Waals surface area contributed by atoms with Gasteiger partial charge in [-0.25, -0.2) is 4.98 Å². The Hall–Kier alpha value is -3.26. The number of hydrogen-bond donors (Lipinski definition) is 1. The van der Waals surface area contributed by atoms with Crippen LogP contribution in [0.15, 0.2) is 42.5 Å². The number of ether oxygens (including phenoxy) is 2. The molecule has 0 amide bonds. The maximum Gasteiger partial charge on any atom is 0.161 e. The first kappa shape index (κ1) is 13.4. The molecule has 0 saturated heterocycles. The van der Waals surface area contributed by atoms with Crippen LogP contribution in [-0.2, 0) is 0 Å². The van der Waals surface area contributed by atoms with Crippen molar-refractivity contribution in [1.29, 1.82) is 5.26 Å². The van der Waals surface area contributed by atoms with Gasteiger partial charge in [-0.1, -0.05) is 18.2 Å². The molecular formula is C18H13N3O2. The van der Waals surface area contributed by atoms with Crippen molar-refractivity contribution in [3.8, 4) is 17.6 Å². The van der Waals surface area contributed by atoms with Crippen LogP contribution in [0.1, 0.15) is 11.4 Å². The molecule has 23 heavy (non-hydrogen) atoms. The first-order chi connectivity index (χ1) is 11.3. The number of para-hydroxylation sites is 2. The van der Waals surface area contributed by atoms with Gasteiger partial charge in [-0.3, -0.25) is 0 Å². The summed E-state index contributed by atoms with van der Waals surface area (Å²) < 4.78 is 11.1. The van der Waals surface area contributed by atoms with Crippen LogP contribution in [0.4, 0.5) is 0 Å². The third kappa shape index (κ3) is 2.51. The number of nitrogens with zero attached hydrogens (tertiary/aromatic N) is 2. The van der Waals surface area contributed by atoms with Crippen molar-refractivity contribution in [1.82, 2.24) is 9.97 Å². The topological polar surface area (TPSA) is 70.9 Å². The Balaban J connectivity index is 1.74. The molecule has 3 aromatic rings. The Morgan fingerprint density at radius 3 is 2.78 bits per heavy atom. The summed E-state index contributed by atoms with van der Waals surface area (Å²) in [4.78, 5) is 7.64. The first-order valence-electron chi connectivity index (χ1n) is 7.30. The number of allylic oxidation sites excluding steroid dienone is 1. The second-order valence-corrected chi connectivity index (χ2v) is 5.18. The van der Waals surface area contributed by atoms with E-state index < -0.39 is 0 Å². The van der Waals surface area contributed by atoms with Crippen LogP contribution in [0.25, 0.3) is 22.7 Å². The Labute approximate surface area is 132 Å². The van der Waals surface area contributed by atoms with E-state index in [0.717, 1.165) is 22.3 Å². The first-order valence-corrected chi connectivity index (χ1v) is 7.30. The highest BCUT2D eigenvalue weighted by Gasteiger charge is 2.12. The van der Waals surface area contributed by atoms with Gasteiger partial charge >= 0.3 is 0 Å². The van der Waals surface area contributed by atoms with Gasteiger partial charge in [0.05, 0.1) is 16.6 Å². The van der Waals surface area contributed by atoms with Crippen molar-refractivity contribution in [2.75, 3.05) is 13.2 Å². The van der Waals surface area contributed by atoms with E-state index in [0.29, 0.717) is 30.4 Å². The fraction of sp³-hybridized carbons (Fsp3) is 0.111. The number of hydrogen-bond acceptors (Lipinski definition) is 4. The van der Waals surface area contributed by atoms with Gasteiger partial charge in [-0.15, -0.1) is 0 Å². The quantitative estimate of drug-likeness (QED) is 0.737. The lowest BCUT2D eigenvalue weighted by atomic mass is 10.1. The molecule has 5 nitrogen and oxygen atoms in total. The predicted octanol–water partition coefficient (Wildman–Crippen LogP) is 3.40. The molecule has 0 saturated carbocycles. The molecule has 1 N–H and O–H groups in total. The molecule has 5 heteroatoms. The second-order valence-electron chi connectivity index (χ2n) is 5.18. The maximum atomic E-state index is 9.47. The summed E-state index contributed by atoms with van der Waals surface area (Å²) in [5, 5.41) is 9.47. The summed E-state index contributed by atoms with van der Waals surface area (Å²) in [5.41, 5.74) is 3.08. The van der Waals surface area contributed by atoms with E-state index in [9.17, 15) is 5.26 Å². The smallest absolute Gasteiger partial charge is 0.161 e. The molecule has 0 unspecified atom stereocenters. The summed E-state index contributed by atoms with van der Waals surface area (Å²) in [7, 11) is 0. The Morgan fingerprint density at radius 2 is 1.96 bits per heavy atom. The minimum Gasteiger partial charge on any atom is -0.486 e. The van der Waals surface area contributed by atoms with Crippen LogP contribution in [0.2, 0.25) is 0 Å². The van der Waals surface area contributed by atoms with Crippen LogP contribution in [0, 0.1) is 11.3 Å². The largest absolute Gasteiger partial charge is 0.486 e. The van der Waals surface area contributed by atoms with Gasteiger partial charge in [0.15, 0.2) is 11.5 Å². The highest BCUT2D eigenvalue weighted by molar-refractivity contribution is 5.90. The fourth-order valence-corrected chi connectivity index (χ4v) is 2.55. The molecule has 0 bridgehead atoms. The summed E-state index contributed by atoms with van der Waals surface area (Å²) in [6.45, 7) is 1.10. The van der Waals surface area contributed by atoms with E-state index >= 15 is 0 Å². The van der Waals surface area contributed by atoms with Gasteiger partial charge in [-0.2, -0.15) is 5.26 Å². The summed E-state index contributed by atoms with van der Waals surface area (Å²) in [5.74, 6) is 1.99. The van der Waals surface area contributed by atoms with Crippen molar-refractivity contribution >= 4 is 22.7 Å². The molecule has 0 spiro atoms. The number of H-pyrrole nitrogens is 1. The number of rotatable bonds is 2. The zero-order valence-corrected chi connectivity index (χ0v) is 12.2. The highest BCUT2D eigenvalue weighted by Crippen LogP contribution is 2.32. The highest BCUT2D eigenvalue weighted by atomic mass is 16.6. The number of nitriles is 1. The Bertz CT molecular complexity index is 917. The summed E-state index contributed by atoms with van der Waals surface area (Å²) in [6.07, 6.45) is 1.79. The maximum absolute atomic E-state index is 9.47. The van der Waals surface area contributed by atoms with Crippen molar-refractivity contribution < 1.29 is 9.47 Å². The third-order valence-corrected chi connectivity index (χ3v) is 3.64. The van der Waals surface area contributed by atoms with Crippen molar-refractivity contribution in [3.63, 3.8) is 0 Å². The summed E-state index contributed by atoms with van der Waals surface area (Å²) >= 11 is 0. The van der Waals surface area contributed by atoms with Crippen LogP contribution in [0.5, 0.6) is 11.5 Å². The fourth-order valence-electron chi connectivity index (χ4n) is 2.55. The molecule has 0 aliphatic carbocycles. The van der Waals surface area contributed by atoms with Gasteiger partial charge in [0.1, 0.15) is 25.1 Å². The van der Waals surface area contributed by atoms with Gasteiger partial charge in [0.25, 0.3) is 0 Å². The van der Waals surface area contributed by atoms with E-state index in [1.165, 1.54) is 0 Å². The predicted molar refractivity (Wildman–Crippen MR) is 87.0 cm³/mol. The lowest BCUT2D eigenvalue weighted by Crippen LogP contribution is -2.15.